The SMILES string of the molecule is COc1cc(NC(=O)NC(C)c2ccc(Cl)cc2Cl)ccc1NC(C)=O. The van der Waals surface area contributed by atoms with Crippen LogP contribution in [-0.4, -0.2) is 19.0 Å². The number of carbonyl (C=O) groups is 2. The fraction of sp³-hybridized carbons (Fsp3) is 0.222. The molecule has 0 bridgehead atoms. The number of hydrogen-bond acceptors (Lipinski definition) is 3. The maximum absolute atomic E-state index is 12.2. The predicted molar refractivity (Wildman–Crippen MR) is 104 cm³/mol. The van der Waals surface area contributed by atoms with Gasteiger partial charge in [0.05, 0.1) is 18.8 Å². The smallest absolute Gasteiger partial charge is 0.319 e. The summed E-state index contributed by atoms with van der Waals surface area (Å²) >= 11 is 12.0. The minimum atomic E-state index is -0.405. The largest absolute Gasteiger partial charge is 0.494 e. The van der Waals surface area contributed by atoms with Gasteiger partial charge in [-0.1, -0.05) is 29.3 Å². The highest BCUT2D eigenvalue weighted by molar-refractivity contribution is 6.35. The minimum Gasteiger partial charge on any atom is -0.494 e. The van der Waals surface area contributed by atoms with Gasteiger partial charge in [-0.15, -0.1) is 0 Å². The number of urea groups is 1. The lowest BCUT2D eigenvalue weighted by Crippen LogP contribution is -2.31. The van der Waals surface area contributed by atoms with Crippen LogP contribution in [0.1, 0.15) is 25.5 Å². The van der Waals surface area contributed by atoms with Crippen LogP contribution in [0.25, 0.3) is 0 Å². The van der Waals surface area contributed by atoms with Crippen molar-refractivity contribution in [3.05, 3.63) is 52.0 Å². The van der Waals surface area contributed by atoms with Crippen molar-refractivity contribution in [2.24, 2.45) is 0 Å². The second kappa shape index (κ2) is 8.78. The molecule has 3 amide bonds. The van der Waals surface area contributed by atoms with E-state index in [0.29, 0.717) is 27.2 Å². The lowest BCUT2D eigenvalue weighted by Gasteiger charge is -2.17. The molecule has 1 atom stereocenters. The fourth-order valence-corrected chi connectivity index (χ4v) is 2.93. The van der Waals surface area contributed by atoms with Crippen LogP contribution in [0.5, 0.6) is 5.75 Å². The lowest BCUT2D eigenvalue weighted by atomic mass is 10.1. The van der Waals surface area contributed by atoms with Crippen molar-refractivity contribution in [3.63, 3.8) is 0 Å². The van der Waals surface area contributed by atoms with Gasteiger partial charge in [-0.2, -0.15) is 0 Å². The van der Waals surface area contributed by atoms with Crippen LogP contribution in [-0.2, 0) is 4.79 Å². The molecule has 0 heterocycles. The van der Waals surface area contributed by atoms with E-state index in [4.69, 9.17) is 27.9 Å². The number of anilines is 2. The molecule has 0 radical (unpaired) electrons. The van der Waals surface area contributed by atoms with Crippen molar-refractivity contribution in [3.8, 4) is 5.75 Å². The molecule has 3 N–H and O–H groups in total. The Hall–Kier alpha value is -2.44. The van der Waals surface area contributed by atoms with Gasteiger partial charge in [-0.05, 0) is 36.8 Å². The number of methoxy groups -OCH3 is 1. The molecular formula is C18H19Cl2N3O3. The molecule has 26 heavy (non-hydrogen) atoms. The Morgan fingerprint density at radius 1 is 1.08 bits per heavy atom. The Morgan fingerprint density at radius 2 is 1.81 bits per heavy atom. The van der Waals surface area contributed by atoms with Gasteiger partial charge < -0.3 is 20.7 Å². The predicted octanol–water partition coefficient (Wildman–Crippen LogP) is 4.84. The number of benzene rings is 2. The molecule has 0 aliphatic carbocycles. The number of halogens is 2. The first-order valence-electron chi connectivity index (χ1n) is 7.78. The Kier molecular flexibility index (Phi) is 6.71. The highest BCUT2D eigenvalue weighted by Gasteiger charge is 2.14. The average molecular weight is 396 g/mol. The number of amides is 3. The molecule has 2 aromatic carbocycles. The molecule has 0 saturated carbocycles. The first-order valence-corrected chi connectivity index (χ1v) is 8.54. The van der Waals surface area contributed by atoms with E-state index in [0.717, 1.165) is 5.56 Å². The van der Waals surface area contributed by atoms with Gasteiger partial charge in [-0.3, -0.25) is 4.79 Å². The molecule has 8 heteroatoms. The van der Waals surface area contributed by atoms with Gasteiger partial charge in [-0.25, -0.2) is 4.79 Å². The van der Waals surface area contributed by atoms with Gasteiger partial charge in [0, 0.05) is 28.7 Å². The van der Waals surface area contributed by atoms with Crippen LogP contribution in [0.2, 0.25) is 10.0 Å². The number of carbonyl (C=O) groups excluding carboxylic acids is 2. The van der Waals surface area contributed by atoms with Crippen LogP contribution in [0.3, 0.4) is 0 Å². The van der Waals surface area contributed by atoms with E-state index in [9.17, 15) is 9.59 Å². The van der Waals surface area contributed by atoms with Gasteiger partial charge in [0.1, 0.15) is 5.75 Å². The Balaban J connectivity index is 2.06. The summed E-state index contributed by atoms with van der Waals surface area (Å²) in [4.78, 5) is 23.4. The van der Waals surface area contributed by atoms with Crippen LogP contribution in [0, 0.1) is 0 Å². The van der Waals surface area contributed by atoms with Gasteiger partial charge in [0.15, 0.2) is 0 Å². The molecule has 0 fully saturated rings. The standard InChI is InChI=1S/C18H19Cl2N3O3/c1-10(14-6-4-12(19)8-15(14)20)21-18(25)23-13-5-7-16(22-11(2)24)17(9-13)26-3/h4-10H,1-3H3,(H,22,24)(H2,21,23,25). The number of hydrogen-bond donors (Lipinski definition) is 3. The van der Waals surface area contributed by atoms with Crippen molar-refractivity contribution < 1.29 is 14.3 Å². The first kappa shape index (κ1) is 19.9. The Labute approximate surface area is 161 Å². The maximum Gasteiger partial charge on any atom is 0.319 e. The van der Waals surface area contributed by atoms with E-state index in [1.807, 2.05) is 6.92 Å². The van der Waals surface area contributed by atoms with E-state index < -0.39 is 6.03 Å². The van der Waals surface area contributed by atoms with Crippen molar-refractivity contribution in [2.75, 3.05) is 17.7 Å². The summed E-state index contributed by atoms with van der Waals surface area (Å²) in [6.07, 6.45) is 0. The summed E-state index contributed by atoms with van der Waals surface area (Å²) in [5, 5.41) is 9.18. The van der Waals surface area contributed by atoms with E-state index in [1.165, 1.54) is 14.0 Å². The molecule has 0 aromatic heterocycles. The second-order valence-electron chi connectivity index (χ2n) is 5.58. The highest BCUT2D eigenvalue weighted by atomic mass is 35.5. The van der Waals surface area contributed by atoms with Gasteiger partial charge in [0.25, 0.3) is 0 Å². The summed E-state index contributed by atoms with van der Waals surface area (Å²) in [6.45, 7) is 3.22. The van der Waals surface area contributed by atoms with Crippen molar-refractivity contribution in [1.29, 1.82) is 0 Å². The average Bonchev–Trinajstić information content (AvgIpc) is 2.55. The topological polar surface area (TPSA) is 79.5 Å². The molecular weight excluding hydrogens is 377 g/mol. The van der Waals surface area contributed by atoms with Gasteiger partial charge in [0.2, 0.25) is 5.91 Å². The summed E-state index contributed by atoms with van der Waals surface area (Å²) in [5.74, 6) is 0.224. The molecule has 2 rings (SSSR count). The highest BCUT2D eigenvalue weighted by Crippen LogP contribution is 2.29. The molecule has 0 aliphatic rings. The third kappa shape index (κ3) is 5.28. The zero-order chi connectivity index (χ0) is 19.3. The zero-order valence-electron chi connectivity index (χ0n) is 14.5. The Morgan fingerprint density at radius 3 is 2.42 bits per heavy atom. The molecule has 0 aliphatic heterocycles. The van der Waals surface area contributed by atoms with Crippen LogP contribution < -0.4 is 20.7 Å². The van der Waals surface area contributed by atoms with Crippen molar-refractivity contribution >= 4 is 46.5 Å². The first-order chi connectivity index (χ1) is 12.3. The number of nitrogens with one attached hydrogen (secondary N) is 3. The molecule has 6 nitrogen and oxygen atoms in total. The molecule has 0 spiro atoms. The lowest BCUT2D eigenvalue weighted by molar-refractivity contribution is -0.114. The number of ether oxygens (including phenoxy) is 1. The van der Waals surface area contributed by atoms with Gasteiger partial charge >= 0.3 is 6.03 Å². The third-order valence-electron chi connectivity index (χ3n) is 3.55. The van der Waals surface area contributed by atoms with Crippen molar-refractivity contribution in [1.82, 2.24) is 5.32 Å². The van der Waals surface area contributed by atoms with E-state index in [1.54, 1.807) is 36.4 Å². The van der Waals surface area contributed by atoms with E-state index in [-0.39, 0.29) is 11.9 Å². The fourth-order valence-electron chi connectivity index (χ4n) is 2.36. The number of rotatable bonds is 5. The molecule has 1 unspecified atom stereocenters. The third-order valence-corrected chi connectivity index (χ3v) is 4.11. The monoisotopic (exact) mass is 395 g/mol. The van der Waals surface area contributed by atoms with Crippen molar-refractivity contribution in [2.45, 2.75) is 19.9 Å². The second-order valence-corrected chi connectivity index (χ2v) is 6.43. The quantitative estimate of drug-likeness (QED) is 0.677. The molecule has 2 aromatic rings. The minimum absolute atomic E-state index is 0.213. The molecule has 138 valence electrons. The van der Waals surface area contributed by atoms with Crippen LogP contribution >= 0.6 is 23.2 Å². The Bertz CT molecular complexity index is 827. The van der Waals surface area contributed by atoms with Crippen LogP contribution in [0.4, 0.5) is 16.2 Å². The van der Waals surface area contributed by atoms with Crippen LogP contribution in [0.15, 0.2) is 36.4 Å². The summed E-state index contributed by atoms with van der Waals surface area (Å²) in [5.41, 5.74) is 1.79. The van der Waals surface area contributed by atoms with E-state index in [2.05, 4.69) is 16.0 Å². The molecule has 0 saturated heterocycles. The van der Waals surface area contributed by atoms with E-state index >= 15 is 0 Å². The summed E-state index contributed by atoms with van der Waals surface area (Å²) in [7, 11) is 1.48. The zero-order valence-corrected chi connectivity index (χ0v) is 16.0. The normalized spacial score (nSPS) is 11.4. The maximum atomic E-state index is 12.2. The summed E-state index contributed by atoms with van der Waals surface area (Å²) in [6, 6.07) is 9.30. The summed E-state index contributed by atoms with van der Waals surface area (Å²) < 4.78 is 5.23.